The van der Waals surface area contributed by atoms with Gasteiger partial charge in [-0.2, -0.15) is 0 Å². The van der Waals surface area contributed by atoms with Crippen LogP contribution < -0.4 is 10.2 Å². The maximum absolute atomic E-state index is 11.6. The lowest BCUT2D eigenvalue weighted by Crippen LogP contribution is -2.55. The van der Waals surface area contributed by atoms with E-state index in [0.717, 1.165) is 4.90 Å². The topological polar surface area (TPSA) is 185 Å². The van der Waals surface area contributed by atoms with Gasteiger partial charge in [0.15, 0.2) is 0 Å². The summed E-state index contributed by atoms with van der Waals surface area (Å²) < 4.78 is 0. The molecule has 31 heavy (non-hydrogen) atoms. The molecule has 0 rings (SSSR count). The van der Waals surface area contributed by atoms with Gasteiger partial charge in [-0.15, -0.1) is 12.3 Å². The van der Waals surface area contributed by atoms with Crippen LogP contribution in [0.15, 0.2) is 12.3 Å². The van der Waals surface area contributed by atoms with Gasteiger partial charge in [0.1, 0.15) is 0 Å². The molecule has 0 aliphatic carbocycles. The Kier molecular flexibility index (Phi) is 11.8. The zero-order chi connectivity index (χ0) is 24.4. The number of nitrogens with zero attached hydrogens (tertiary/aromatic N) is 3. The van der Waals surface area contributed by atoms with Crippen molar-refractivity contribution in [3.63, 3.8) is 0 Å². The van der Waals surface area contributed by atoms with Gasteiger partial charge in [0.05, 0.1) is 25.6 Å². The van der Waals surface area contributed by atoms with Crippen LogP contribution in [-0.4, -0.2) is 112 Å². The molecular formula is C19H31N3O9-2. The molecule has 0 fully saturated rings. The van der Waals surface area contributed by atoms with Crippen molar-refractivity contribution in [2.45, 2.75) is 26.8 Å². The maximum atomic E-state index is 11.6. The van der Waals surface area contributed by atoms with Crippen LogP contribution in [0.1, 0.15) is 20.8 Å². The highest BCUT2D eigenvalue weighted by Crippen LogP contribution is 2.26. The summed E-state index contributed by atoms with van der Waals surface area (Å²) in [6.07, 6.45) is 0. The molecule has 0 aliphatic rings. The monoisotopic (exact) mass is 445 g/mol. The summed E-state index contributed by atoms with van der Waals surface area (Å²) in [5.74, 6) is -5.56. The molecule has 0 bridgehead atoms. The lowest BCUT2D eigenvalue weighted by atomic mass is 9.85. The quantitative estimate of drug-likeness (QED) is 0.207. The van der Waals surface area contributed by atoms with Gasteiger partial charge in [-0.1, -0.05) is 20.8 Å². The molecule has 12 nitrogen and oxygen atoms in total. The Labute approximate surface area is 181 Å². The maximum Gasteiger partial charge on any atom is 0.317 e. The van der Waals surface area contributed by atoms with E-state index in [2.05, 4.69) is 6.58 Å². The lowest BCUT2D eigenvalue weighted by Gasteiger charge is -2.43. The summed E-state index contributed by atoms with van der Waals surface area (Å²) in [6.45, 7) is 6.33. The molecule has 1 atom stereocenters. The Balaban J connectivity index is 5.64. The van der Waals surface area contributed by atoms with Crippen molar-refractivity contribution >= 4 is 23.9 Å². The summed E-state index contributed by atoms with van der Waals surface area (Å²) in [5, 5.41) is 49.9. The van der Waals surface area contributed by atoms with Gasteiger partial charge >= 0.3 is 17.9 Å². The van der Waals surface area contributed by atoms with Gasteiger partial charge in [-0.3, -0.25) is 29.1 Å². The van der Waals surface area contributed by atoms with E-state index in [-0.39, 0.29) is 26.2 Å². The minimum Gasteiger partial charge on any atom is -0.875 e. The Bertz CT molecular complexity index is 628. The lowest BCUT2D eigenvalue weighted by molar-refractivity contribution is -0.308. The number of hydrogen-bond acceptors (Lipinski definition) is 9. The summed E-state index contributed by atoms with van der Waals surface area (Å²) in [4.78, 5) is 48.4. The van der Waals surface area contributed by atoms with Crippen molar-refractivity contribution in [3.8, 4) is 0 Å². The van der Waals surface area contributed by atoms with Crippen LogP contribution in [0.3, 0.4) is 0 Å². The highest BCUT2D eigenvalue weighted by Gasteiger charge is 2.33. The van der Waals surface area contributed by atoms with Gasteiger partial charge in [-0.05, 0) is 5.41 Å². The van der Waals surface area contributed by atoms with E-state index in [9.17, 15) is 39.6 Å². The van der Waals surface area contributed by atoms with Crippen LogP contribution in [0.5, 0.6) is 0 Å². The zero-order valence-corrected chi connectivity index (χ0v) is 18.1. The second-order valence-electron chi connectivity index (χ2n) is 8.32. The summed E-state index contributed by atoms with van der Waals surface area (Å²) >= 11 is 0. The van der Waals surface area contributed by atoms with E-state index in [4.69, 9.17) is 5.11 Å². The van der Waals surface area contributed by atoms with Crippen molar-refractivity contribution < 1.29 is 44.7 Å². The Morgan fingerprint density at radius 1 is 0.806 bits per heavy atom. The molecule has 1 unspecified atom stereocenters. The highest BCUT2D eigenvalue weighted by molar-refractivity contribution is 5.71. The molecular weight excluding hydrogens is 414 g/mol. The minimum absolute atomic E-state index is 0.00132. The van der Waals surface area contributed by atoms with E-state index < -0.39 is 67.3 Å². The first-order chi connectivity index (χ1) is 14.1. The largest absolute Gasteiger partial charge is 0.875 e. The van der Waals surface area contributed by atoms with Crippen LogP contribution in [0.4, 0.5) is 0 Å². The zero-order valence-electron chi connectivity index (χ0n) is 18.1. The minimum atomic E-state index is -1.47. The number of carbonyl (C=O) groups excluding carboxylic acids is 1. The van der Waals surface area contributed by atoms with E-state index in [0.29, 0.717) is 0 Å². The molecule has 178 valence electrons. The second kappa shape index (κ2) is 12.9. The van der Waals surface area contributed by atoms with Gasteiger partial charge in [0.25, 0.3) is 0 Å². The molecule has 0 aromatic rings. The van der Waals surface area contributed by atoms with E-state index in [1.165, 1.54) is 9.80 Å². The van der Waals surface area contributed by atoms with Gasteiger partial charge in [0, 0.05) is 38.8 Å². The normalized spacial score (nSPS) is 12.8. The van der Waals surface area contributed by atoms with Crippen LogP contribution in [-0.2, 0) is 19.2 Å². The summed E-state index contributed by atoms with van der Waals surface area (Å²) in [6, 6.07) is -0.567. The number of carboxylic acids is 4. The third-order valence-electron chi connectivity index (χ3n) is 4.39. The standard InChI is InChI=1S/C19H33N3O9/c1-13(23)7-22(12-18(30)31)14(19(2,3)4)8-20(9-15(24)25)5-6-21(10-16(26)27)11-17(28)29/h14,23H,1,5-12H2,2-4H3,(H,24,25)(H,26,27)(H,28,29)(H,30,31)/p-2. The fourth-order valence-electron chi connectivity index (χ4n) is 3.16. The molecule has 0 amide bonds. The Morgan fingerprint density at radius 2 is 1.26 bits per heavy atom. The number of aliphatic carboxylic acids is 4. The number of carbonyl (C=O) groups is 4. The molecule has 0 radical (unpaired) electrons. The second-order valence-corrected chi connectivity index (χ2v) is 8.32. The van der Waals surface area contributed by atoms with Crippen molar-refractivity contribution in [2.75, 3.05) is 52.4 Å². The molecule has 0 spiro atoms. The first kappa shape index (κ1) is 28.3. The van der Waals surface area contributed by atoms with E-state index in [1.807, 2.05) is 20.8 Å². The van der Waals surface area contributed by atoms with Crippen molar-refractivity contribution in [1.82, 2.24) is 14.7 Å². The predicted molar refractivity (Wildman–Crippen MR) is 105 cm³/mol. The average Bonchev–Trinajstić information content (AvgIpc) is 2.52. The van der Waals surface area contributed by atoms with Crippen molar-refractivity contribution in [1.29, 1.82) is 0 Å². The number of rotatable bonds is 16. The van der Waals surface area contributed by atoms with E-state index in [1.54, 1.807) is 0 Å². The van der Waals surface area contributed by atoms with Crippen LogP contribution in [0, 0.1) is 5.41 Å². The predicted octanol–water partition coefficient (Wildman–Crippen LogP) is -2.82. The van der Waals surface area contributed by atoms with Crippen LogP contribution in [0.2, 0.25) is 0 Å². The fourth-order valence-corrected chi connectivity index (χ4v) is 3.16. The fraction of sp³-hybridized carbons (Fsp3) is 0.684. The smallest absolute Gasteiger partial charge is 0.317 e. The van der Waals surface area contributed by atoms with Crippen LogP contribution >= 0.6 is 0 Å². The Hall–Kier alpha value is -2.70. The van der Waals surface area contributed by atoms with Gasteiger partial charge in [-0.25, -0.2) is 0 Å². The first-order valence-electron chi connectivity index (χ1n) is 9.50. The van der Waals surface area contributed by atoms with Crippen molar-refractivity contribution in [3.05, 3.63) is 12.3 Å². The SMILES string of the molecule is C=C([O-])CN(CC(=O)O)C(CN(CCN(CC(=O)[O-])CC(=O)O)CC(=O)O)C(C)(C)C. The third kappa shape index (κ3) is 13.3. The van der Waals surface area contributed by atoms with Gasteiger partial charge in [0.2, 0.25) is 0 Å². The summed E-state index contributed by atoms with van der Waals surface area (Å²) in [5.41, 5.74) is -0.562. The molecule has 0 aromatic heterocycles. The Morgan fingerprint density at radius 3 is 1.65 bits per heavy atom. The molecule has 3 N–H and O–H groups in total. The van der Waals surface area contributed by atoms with Crippen LogP contribution in [0.25, 0.3) is 0 Å². The summed E-state index contributed by atoms with van der Waals surface area (Å²) in [7, 11) is 0. The molecule has 0 heterocycles. The molecule has 0 saturated carbocycles. The third-order valence-corrected chi connectivity index (χ3v) is 4.39. The molecule has 12 heteroatoms. The van der Waals surface area contributed by atoms with Crippen molar-refractivity contribution in [2.24, 2.45) is 5.41 Å². The number of carboxylic acid groups (broad SMARTS) is 4. The highest BCUT2D eigenvalue weighted by atomic mass is 16.4. The van der Waals surface area contributed by atoms with Gasteiger partial charge < -0.3 is 30.3 Å². The first-order valence-corrected chi connectivity index (χ1v) is 9.50. The number of hydrogen-bond donors (Lipinski definition) is 3. The average molecular weight is 445 g/mol. The molecule has 0 aliphatic heterocycles. The van der Waals surface area contributed by atoms with E-state index >= 15 is 0 Å². The molecule has 0 aromatic carbocycles. The molecule has 0 saturated heterocycles.